The molecule has 0 spiro atoms. The molecular weight excluding hydrogens is 588 g/mol. The molecule has 2 N–H and O–H groups in total. The molecule has 9 heteroatoms. The van der Waals surface area contributed by atoms with E-state index in [1.807, 2.05) is 27.7 Å². The fraction of sp³-hybridized carbons (Fsp3) is 0.500. The van der Waals surface area contributed by atoms with Gasteiger partial charge >= 0.3 is 11.8 Å². The highest BCUT2D eigenvalue weighted by Crippen LogP contribution is 2.68. The monoisotopic (exact) mass is 624 g/mol. The summed E-state index contributed by atoms with van der Waals surface area (Å²) in [5.41, 5.74) is -4.29. The molecule has 7 rings (SSSR count). The van der Waals surface area contributed by atoms with E-state index in [0.29, 0.717) is 25.7 Å². The maximum Gasteiger partial charge on any atom is 0.329 e. The Labute approximate surface area is 258 Å². The first kappa shape index (κ1) is 30.1. The van der Waals surface area contributed by atoms with Crippen molar-refractivity contribution in [2.45, 2.75) is 79.1 Å². The summed E-state index contributed by atoms with van der Waals surface area (Å²) in [6.45, 7) is 11.0. The van der Waals surface area contributed by atoms with Gasteiger partial charge in [-0.1, -0.05) is 41.5 Å². The van der Waals surface area contributed by atoms with Crippen molar-refractivity contribution in [3.05, 3.63) is 70.2 Å². The molecular formula is C36H36F4O5. The summed E-state index contributed by atoms with van der Waals surface area (Å²) in [4.78, 5) is 26.6. The minimum Gasteiger partial charge on any atom is -0.506 e. The van der Waals surface area contributed by atoms with Crippen LogP contribution in [0.4, 0.5) is 17.6 Å². The highest BCUT2D eigenvalue weighted by molar-refractivity contribution is 6.07. The molecule has 238 valence electrons. The number of furan rings is 1. The molecule has 1 heterocycles. The molecule has 0 radical (unpaired) electrons. The fourth-order valence-corrected chi connectivity index (χ4v) is 9.06. The van der Waals surface area contributed by atoms with E-state index in [9.17, 15) is 19.8 Å². The molecule has 4 aliphatic carbocycles. The second-order valence-electron chi connectivity index (χ2n) is 15.1. The Kier molecular flexibility index (Phi) is 5.74. The van der Waals surface area contributed by atoms with Crippen molar-refractivity contribution in [1.29, 1.82) is 0 Å². The number of aliphatic hydroxyl groups excluding tert-OH is 2. The zero-order valence-electron chi connectivity index (χ0n) is 26.1. The number of aliphatic hydroxyl groups is 2. The molecule has 4 bridgehead atoms. The van der Waals surface area contributed by atoms with Crippen LogP contribution >= 0.6 is 0 Å². The van der Waals surface area contributed by atoms with Gasteiger partial charge in [-0.2, -0.15) is 17.6 Å². The van der Waals surface area contributed by atoms with E-state index in [-0.39, 0.29) is 33.1 Å². The van der Waals surface area contributed by atoms with Crippen molar-refractivity contribution in [2.24, 2.45) is 33.5 Å². The van der Waals surface area contributed by atoms with Crippen molar-refractivity contribution >= 4 is 33.5 Å². The number of alkyl halides is 4. The van der Waals surface area contributed by atoms with Crippen molar-refractivity contribution in [3.63, 3.8) is 0 Å². The minimum atomic E-state index is -3.94. The lowest BCUT2D eigenvalue weighted by Crippen LogP contribution is -2.32. The highest BCUT2D eigenvalue weighted by Gasteiger charge is 2.67. The van der Waals surface area contributed by atoms with Gasteiger partial charge in [0.2, 0.25) is 0 Å². The van der Waals surface area contributed by atoms with E-state index in [4.69, 9.17) is 4.42 Å². The number of fused-ring (bicyclic) bond motifs is 7. The normalized spacial score (nSPS) is 32.8. The molecule has 2 aromatic carbocycles. The van der Waals surface area contributed by atoms with Crippen LogP contribution < -0.4 is 0 Å². The van der Waals surface area contributed by atoms with E-state index >= 15 is 17.6 Å². The third-order valence-electron chi connectivity index (χ3n) is 12.9. The molecule has 4 unspecified atom stereocenters. The van der Waals surface area contributed by atoms with E-state index in [0.717, 1.165) is 24.3 Å². The summed E-state index contributed by atoms with van der Waals surface area (Å²) in [6.07, 6.45) is 2.15. The number of Topliss-reactive ketones (excluding diaryl/α,β-unsaturated/α-hetero) is 2. The van der Waals surface area contributed by atoms with Gasteiger partial charge in [-0.25, -0.2) is 0 Å². The molecule has 4 atom stereocenters. The number of ketones is 2. The first-order valence-corrected chi connectivity index (χ1v) is 15.4. The number of rotatable bonds is 4. The molecule has 0 aliphatic heterocycles. The van der Waals surface area contributed by atoms with Gasteiger partial charge in [-0.3, -0.25) is 9.59 Å². The van der Waals surface area contributed by atoms with Crippen LogP contribution in [0.1, 0.15) is 78.4 Å². The topological polar surface area (TPSA) is 87.7 Å². The van der Waals surface area contributed by atoms with Crippen molar-refractivity contribution in [2.75, 3.05) is 0 Å². The smallest absolute Gasteiger partial charge is 0.329 e. The largest absolute Gasteiger partial charge is 0.506 e. The van der Waals surface area contributed by atoms with E-state index in [1.54, 1.807) is 13.8 Å². The number of carbonyl (C=O) groups excluding carboxylic acids is 2. The summed E-state index contributed by atoms with van der Waals surface area (Å²) in [6, 6.07) is 6.87. The SMILES string of the molecule is CC12CCC(/C(=C(/O)C(F)(F)c3ccc4oc5ccc(C(F)(F)/C(O)=C6\C(=O)C7(C)CCC6C7(C)C)cc5c4c3)C1=O)C2(C)C. The van der Waals surface area contributed by atoms with Crippen LogP contribution in [0.5, 0.6) is 0 Å². The minimum absolute atomic E-state index is 0.0981. The van der Waals surface area contributed by atoms with Gasteiger partial charge in [0.1, 0.15) is 11.2 Å². The average molecular weight is 625 g/mol. The summed E-state index contributed by atoms with van der Waals surface area (Å²) < 4.78 is 69.7. The summed E-state index contributed by atoms with van der Waals surface area (Å²) in [7, 11) is 0. The number of hydrogen-bond donors (Lipinski definition) is 2. The maximum atomic E-state index is 16.0. The predicted molar refractivity (Wildman–Crippen MR) is 160 cm³/mol. The molecule has 4 saturated carbocycles. The van der Waals surface area contributed by atoms with Crippen molar-refractivity contribution in [1.82, 2.24) is 0 Å². The van der Waals surface area contributed by atoms with Crippen LogP contribution in [-0.4, -0.2) is 21.8 Å². The number of hydrogen-bond acceptors (Lipinski definition) is 5. The standard InChI is InChI=1S/C36H36F4O5/c1-31(2)21-11-13-33(31,5)27(41)25(21)29(43)35(37,38)17-7-9-23-19(15-17)20-16-18(8-10-24(20)45-23)36(39,40)30(44)26-22-12-14-34(6,28(26)42)32(22,3)4/h7-10,15-16,21-22,43-44H,11-14H2,1-6H3/b29-25-,30-26+. The highest BCUT2D eigenvalue weighted by atomic mass is 19.3. The lowest BCUT2D eigenvalue weighted by molar-refractivity contribution is -0.126. The van der Waals surface area contributed by atoms with Gasteiger partial charge in [0.15, 0.2) is 23.1 Å². The lowest BCUT2D eigenvalue weighted by Gasteiger charge is -2.31. The fourth-order valence-electron chi connectivity index (χ4n) is 9.06. The quantitative estimate of drug-likeness (QED) is 0.172. The van der Waals surface area contributed by atoms with Gasteiger partial charge in [-0.05, 0) is 84.7 Å². The maximum absolute atomic E-state index is 16.0. The van der Waals surface area contributed by atoms with Crippen LogP contribution in [0.2, 0.25) is 0 Å². The van der Waals surface area contributed by atoms with Crippen molar-refractivity contribution < 1.29 is 41.8 Å². The second-order valence-corrected chi connectivity index (χ2v) is 15.1. The first-order chi connectivity index (χ1) is 20.7. The Morgan fingerprint density at radius 2 is 1.04 bits per heavy atom. The third kappa shape index (κ3) is 3.39. The number of carbonyl (C=O) groups is 2. The molecule has 3 aromatic rings. The van der Waals surface area contributed by atoms with Gasteiger partial charge in [0, 0.05) is 43.9 Å². The molecule has 4 aliphatic rings. The molecule has 0 saturated heterocycles. The Morgan fingerprint density at radius 1 is 0.689 bits per heavy atom. The molecule has 5 nitrogen and oxygen atoms in total. The van der Waals surface area contributed by atoms with Crippen LogP contribution in [0, 0.1) is 33.5 Å². The van der Waals surface area contributed by atoms with Gasteiger partial charge < -0.3 is 14.6 Å². The Bertz CT molecular complexity index is 1790. The van der Waals surface area contributed by atoms with Crippen LogP contribution in [0.25, 0.3) is 21.9 Å². The Hall–Kier alpha value is -3.62. The second kappa shape index (κ2) is 8.59. The molecule has 1 aromatic heterocycles. The molecule has 45 heavy (non-hydrogen) atoms. The summed E-state index contributed by atoms with van der Waals surface area (Å²) >= 11 is 0. The van der Waals surface area contributed by atoms with E-state index < -0.39 is 79.6 Å². The van der Waals surface area contributed by atoms with Gasteiger partial charge in [0.05, 0.1) is 0 Å². The van der Waals surface area contributed by atoms with Crippen LogP contribution in [0.3, 0.4) is 0 Å². The van der Waals surface area contributed by atoms with Crippen LogP contribution in [-0.2, 0) is 21.4 Å². The summed E-state index contributed by atoms with van der Waals surface area (Å²) in [5.74, 6) is -12.4. The zero-order chi connectivity index (χ0) is 32.9. The zero-order valence-corrected chi connectivity index (χ0v) is 26.1. The van der Waals surface area contributed by atoms with Crippen molar-refractivity contribution in [3.8, 4) is 0 Å². The number of allylic oxidation sites excluding steroid dienone is 4. The number of benzene rings is 2. The van der Waals surface area contributed by atoms with E-state index in [2.05, 4.69) is 0 Å². The summed E-state index contributed by atoms with van der Waals surface area (Å²) in [5, 5.41) is 22.1. The average Bonchev–Trinajstić information content (AvgIpc) is 3.62. The molecule has 4 fully saturated rings. The first-order valence-electron chi connectivity index (χ1n) is 15.4. The van der Waals surface area contributed by atoms with Gasteiger partial charge in [0.25, 0.3) is 0 Å². The van der Waals surface area contributed by atoms with E-state index in [1.165, 1.54) is 12.1 Å². The molecule has 0 amide bonds. The third-order valence-corrected chi connectivity index (χ3v) is 12.9. The lowest BCUT2D eigenvalue weighted by atomic mass is 9.70. The van der Waals surface area contributed by atoms with Gasteiger partial charge in [-0.15, -0.1) is 0 Å². The Morgan fingerprint density at radius 3 is 1.36 bits per heavy atom. The number of halogens is 4. The Balaban J connectivity index is 1.32. The van der Waals surface area contributed by atoms with Crippen LogP contribution in [0.15, 0.2) is 63.5 Å². The predicted octanol–water partition coefficient (Wildman–Crippen LogP) is 9.44.